The summed E-state index contributed by atoms with van der Waals surface area (Å²) >= 11 is 0. The van der Waals surface area contributed by atoms with Crippen molar-refractivity contribution in [2.45, 2.75) is 38.6 Å². The molecule has 1 amide bonds. The van der Waals surface area contributed by atoms with Crippen molar-refractivity contribution in [1.82, 2.24) is 4.90 Å². The van der Waals surface area contributed by atoms with Gasteiger partial charge in [-0.1, -0.05) is 18.9 Å². The Morgan fingerprint density at radius 2 is 2.15 bits per heavy atom. The molecule has 6 heteroatoms. The van der Waals surface area contributed by atoms with E-state index in [1.54, 1.807) is 11.0 Å². The number of nitro groups is 1. The monoisotopic (exact) mass is 277 g/mol. The molecule has 0 spiro atoms. The third-order valence-corrected chi connectivity index (χ3v) is 3.79. The third-order valence-electron chi connectivity index (χ3n) is 3.79. The molecule has 1 aromatic carbocycles. The molecule has 6 nitrogen and oxygen atoms in total. The zero-order chi connectivity index (χ0) is 14.7. The Kier molecular flexibility index (Phi) is 4.22. The number of nitro benzene ring substituents is 1. The van der Waals surface area contributed by atoms with Gasteiger partial charge in [0.25, 0.3) is 5.91 Å². The van der Waals surface area contributed by atoms with Gasteiger partial charge in [0.1, 0.15) is 11.3 Å². The van der Waals surface area contributed by atoms with Crippen molar-refractivity contribution in [2.24, 2.45) is 0 Å². The first kappa shape index (κ1) is 14.3. The van der Waals surface area contributed by atoms with Crippen molar-refractivity contribution < 1.29 is 9.72 Å². The standard InChI is InChI=1S/C14H19N3O3/c1-10-6-3-2-4-9-16(10)14(18)11-7-5-8-12(15)13(11)17(19)20/h5,7-8,10H,2-4,6,9,15H2,1H3. The molecule has 1 aliphatic heterocycles. The molecule has 0 aliphatic carbocycles. The summed E-state index contributed by atoms with van der Waals surface area (Å²) in [6.45, 7) is 2.63. The van der Waals surface area contributed by atoms with Gasteiger partial charge in [-0.15, -0.1) is 0 Å². The molecule has 1 saturated heterocycles. The fourth-order valence-corrected chi connectivity index (χ4v) is 2.67. The van der Waals surface area contributed by atoms with Crippen LogP contribution in [0.5, 0.6) is 0 Å². The minimum Gasteiger partial charge on any atom is -0.393 e. The Morgan fingerprint density at radius 3 is 2.85 bits per heavy atom. The van der Waals surface area contributed by atoms with E-state index in [2.05, 4.69) is 0 Å². The van der Waals surface area contributed by atoms with Gasteiger partial charge in [0.05, 0.1) is 4.92 Å². The number of para-hydroxylation sites is 1. The van der Waals surface area contributed by atoms with Gasteiger partial charge in [-0.3, -0.25) is 14.9 Å². The number of nitrogens with two attached hydrogens (primary N) is 1. The zero-order valence-corrected chi connectivity index (χ0v) is 11.5. The van der Waals surface area contributed by atoms with Crippen molar-refractivity contribution >= 4 is 17.3 Å². The molecule has 1 aliphatic rings. The number of hydrogen-bond donors (Lipinski definition) is 1. The molecule has 1 fully saturated rings. The highest BCUT2D eigenvalue weighted by molar-refractivity contribution is 6.00. The van der Waals surface area contributed by atoms with Crippen LogP contribution in [0.2, 0.25) is 0 Å². The van der Waals surface area contributed by atoms with E-state index in [-0.39, 0.29) is 28.9 Å². The maximum absolute atomic E-state index is 12.6. The molecule has 1 unspecified atom stereocenters. The van der Waals surface area contributed by atoms with E-state index in [9.17, 15) is 14.9 Å². The topological polar surface area (TPSA) is 89.5 Å². The number of hydrogen-bond acceptors (Lipinski definition) is 4. The van der Waals surface area contributed by atoms with Gasteiger partial charge in [0, 0.05) is 12.6 Å². The number of likely N-dealkylation sites (tertiary alicyclic amines) is 1. The number of nitrogen functional groups attached to an aromatic ring is 1. The summed E-state index contributed by atoms with van der Waals surface area (Å²) in [7, 11) is 0. The Labute approximate surface area is 117 Å². The lowest BCUT2D eigenvalue weighted by atomic mass is 10.1. The predicted molar refractivity (Wildman–Crippen MR) is 76.5 cm³/mol. The van der Waals surface area contributed by atoms with Crippen LogP contribution < -0.4 is 5.73 Å². The summed E-state index contributed by atoms with van der Waals surface area (Å²) in [4.78, 5) is 24.9. The number of amides is 1. The number of rotatable bonds is 2. The maximum Gasteiger partial charge on any atom is 0.304 e. The Balaban J connectivity index is 2.37. The molecule has 0 bridgehead atoms. The molecular formula is C14H19N3O3. The van der Waals surface area contributed by atoms with E-state index in [1.807, 2.05) is 6.92 Å². The van der Waals surface area contributed by atoms with E-state index in [4.69, 9.17) is 5.73 Å². The van der Waals surface area contributed by atoms with Crippen LogP contribution in [-0.2, 0) is 0 Å². The summed E-state index contributed by atoms with van der Waals surface area (Å²) in [5.74, 6) is -0.293. The van der Waals surface area contributed by atoms with Gasteiger partial charge in [-0.2, -0.15) is 0 Å². The number of benzene rings is 1. The van der Waals surface area contributed by atoms with Gasteiger partial charge < -0.3 is 10.6 Å². The van der Waals surface area contributed by atoms with Gasteiger partial charge >= 0.3 is 5.69 Å². The molecule has 2 rings (SSSR count). The van der Waals surface area contributed by atoms with Crippen LogP contribution in [0.15, 0.2) is 18.2 Å². The molecule has 20 heavy (non-hydrogen) atoms. The molecule has 108 valence electrons. The van der Waals surface area contributed by atoms with Crippen molar-refractivity contribution in [3.8, 4) is 0 Å². The quantitative estimate of drug-likeness (QED) is 0.511. The Hall–Kier alpha value is -2.11. The van der Waals surface area contributed by atoms with E-state index in [0.717, 1.165) is 25.7 Å². The summed E-state index contributed by atoms with van der Waals surface area (Å²) < 4.78 is 0. The van der Waals surface area contributed by atoms with Gasteiger partial charge in [-0.25, -0.2) is 0 Å². The Bertz CT molecular complexity index is 530. The first-order chi connectivity index (χ1) is 9.52. The Morgan fingerprint density at radius 1 is 1.40 bits per heavy atom. The normalized spacial score (nSPS) is 19.4. The second kappa shape index (κ2) is 5.90. The van der Waals surface area contributed by atoms with E-state index < -0.39 is 4.92 Å². The number of anilines is 1. The van der Waals surface area contributed by atoms with Crippen molar-refractivity contribution in [2.75, 3.05) is 12.3 Å². The molecule has 1 heterocycles. The fourth-order valence-electron chi connectivity index (χ4n) is 2.67. The highest BCUT2D eigenvalue weighted by Crippen LogP contribution is 2.28. The first-order valence-electron chi connectivity index (χ1n) is 6.86. The fraction of sp³-hybridized carbons (Fsp3) is 0.500. The average Bonchev–Trinajstić information content (AvgIpc) is 2.62. The van der Waals surface area contributed by atoms with Crippen LogP contribution in [-0.4, -0.2) is 28.3 Å². The van der Waals surface area contributed by atoms with Crippen LogP contribution in [0.25, 0.3) is 0 Å². The molecular weight excluding hydrogens is 258 g/mol. The SMILES string of the molecule is CC1CCCCCN1C(=O)c1cccc(N)c1[N+](=O)[O-]. The second-order valence-electron chi connectivity index (χ2n) is 5.20. The average molecular weight is 277 g/mol. The summed E-state index contributed by atoms with van der Waals surface area (Å²) in [5, 5.41) is 11.1. The van der Waals surface area contributed by atoms with Crippen molar-refractivity contribution in [1.29, 1.82) is 0 Å². The number of nitrogens with zero attached hydrogens (tertiary/aromatic N) is 2. The van der Waals surface area contributed by atoms with E-state index in [1.165, 1.54) is 12.1 Å². The van der Waals surface area contributed by atoms with Crippen molar-refractivity contribution in [3.05, 3.63) is 33.9 Å². The molecule has 0 aromatic heterocycles. The second-order valence-corrected chi connectivity index (χ2v) is 5.20. The number of carbonyl (C=O) groups excluding carboxylic acids is 1. The number of carbonyl (C=O) groups is 1. The smallest absolute Gasteiger partial charge is 0.304 e. The predicted octanol–water partition coefficient (Wildman–Crippen LogP) is 2.58. The lowest BCUT2D eigenvalue weighted by molar-refractivity contribution is -0.384. The molecule has 0 saturated carbocycles. The highest BCUT2D eigenvalue weighted by Gasteiger charge is 2.29. The van der Waals surface area contributed by atoms with Gasteiger partial charge in [0.15, 0.2) is 0 Å². The van der Waals surface area contributed by atoms with Crippen LogP contribution in [0, 0.1) is 10.1 Å². The van der Waals surface area contributed by atoms with Crippen LogP contribution in [0.3, 0.4) is 0 Å². The summed E-state index contributed by atoms with van der Waals surface area (Å²) in [5.41, 5.74) is 5.48. The van der Waals surface area contributed by atoms with E-state index in [0.29, 0.717) is 6.54 Å². The van der Waals surface area contributed by atoms with Gasteiger partial charge in [-0.05, 0) is 31.9 Å². The van der Waals surface area contributed by atoms with Gasteiger partial charge in [0.2, 0.25) is 0 Å². The largest absolute Gasteiger partial charge is 0.393 e. The minimum absolute atomic E-state index is 0.0309. The summed E-state index contributed by atoms with van der Waals surface area (Å²) in [6, 6.07) is 4.61. The van der Waals surface area contributed by atoms with Crippen LogP contribution >= 0.6 is 0 Å². The highest BCUT2D eigenvalue weighted by atomic mass is 16.6. The lowest BCUT2D eigenvalue weighted by Gasteiger charge is -2.27. The van der Waals surface area contributed by atoms with Crippen LogP contribution in [0.1, 0.15) is 43.0 Å². The molecule has 0 radical (unpaired) electrons. The van der Waals surface area contributed by atoms with Crippen LogP contribution in [0.4, 0.5) is 11.4 Å². The van der Waals surface area contributed by atoms with E-state index >= 15 is 0 Å². The van der Waals surface area contributed by atoms with Crippen molar-refractivity contribution in [3.63, 3.8) is 0 Å². The zero-order valence-electron chi connectivity index (χ0n) is 11.5. The molecule has 1 aromatic rings. The lowest BCUT2D eigenvalue weighted by Crippen LogP contribution is -2.38. The summed E-state index contributed by atoms with van der Waals surface area (Å²) in [6.07, 6.45) is 4.05. The molecule has 2 N–H and O–H groups in total. The first-order valence-corrected chi connectivity index (χ1v) is 6.86. The third kappa shape index (κ3) is 2.74. The maximum atomic E-state index is 12.6. The molecule has 1 atom stereocenters. The minimum atomic E-state index is -0.578.